The summed E-state index contributed by atoms with van der Waals surface area (Å²) < 4.78 is 9.22. The third-order valence-corrected chi connectivity index (χ3v) is 2.28. The quantitative estimate of drug-likeness (QED) is 0.697. The van der Waals surface area contributed by atoms with E-state index in [-0.39, 0.29) is 11.9 Å². The number of hydrogen-bond donors (Lipinski definition) is 0. The van der Waals surface area contributed by atoms with Crippen molar-refractivity contribution in [2.24, 2.45) is 0 Å². The molecule has 0 unspecified atom stereocenters. The second kappa shape index (κ2) is 6.44. The third kappa shape index (κ3) is 6.14. The second-order valence-corrected chi connectivity index (χ2v) is 3.03. The first kappa shape index (κ1) is 10.7. The van der Waals surface area contributed by atoms with Crippen molar-refractivity contribution in [3.63, 3.8) is 0 Å². The van der Waals surface area contributed by atoms with Crippen LogP contribution in [0.3, 0.4) is 0 Å². The molecule has 0 atom stereocenters. The van der Waals surface area contributed by atoms with E-state index in [1.807, 2.05) is 0 Å². The summed E-state index contributed by atoms with van der Waals surface area (Å²) in [7, 11) is 0. The fourth-order valence-corrected chi connectivity index (χ4v) is 1.41. The van der Waals surface area contributed by atoms with Crippen LogP contribution in [0.1, 0.15) is 26.7 Å². The van der Waals surface area contributed by atoms with Crippen LogP contribution in [0.15, 0.2) is 0 Å². The van der Waals surface area contributed by atoms with Gasteiger partial charge < -0.3 is 0 Å². The molecule has 0 aromatic rings. The SMILES string of the molecule is CCC(=O)O[Te]OC(=O)CC. The summed E-state index contributed by atoms with van der Waals surface area (Å²) in [5.41, 5.74) is 0. The van der Waals surface area contributed by atoms with Crippen LogP contribution in [0.5, 0.6) is 0 Å². The van der Waals surface area contributed by atoms with E-state index in [1.54, 1.807) is 13.8 Å². The van der Waals surface area contributed by atoms with Crippen LogP contribution < -0.4 is 0 Å². The second-order valence-electron chi connectivity index (χ2n) is 1.69. The Morgan fingerprint density at radius 3 is 1.73 bits per heavy atom. The first-order valence-corrected chi connectivity index (χ1v) is 5.17. The van der Waals surface area contributed by atoms with Crippen molar-refractivity contribution in [3.05, 3.63) is 0 Å². The Morgan fingerprint density at radius 2 is 1.45 bits per heavy atom. The molecule has 0 spiro atoms. The summed E-state index contributed by atoms with van der Waals surface area (Å²) in [5.74, 6) is -0.618. The van der Waals surface area contributed by atoms with Gasteiger partial charge >= 0.3 is 76.2 Å². The molecule has 11 heavy (non-hydrogen) atoms. The van der Waals surface area contributed by atoms with Crippen LogP contribution >= 0.6 is 0 Å². The molecule has 0 aliphatic heterocycles. The van der Waals surface area contributed by atoms with Gasteiger partial charge in [-0.3, -0.25) is 0 Å². The van der Waals surface area contributed by atoms with Crippen LogP contribution in [0.25, 0.3) is 0 Å². The van der Waals surface area contributed by atoms with E-state index < -0.39 is 21.7 Å². The number of carbonyl (C=O) groups is 2. The molecule has 0 saturated heterocycles. The predicted molar refractivity (Wildman–Crippen MR) is 38.5 cm³/mol. The monoisotopic (exact) mass is 276 g/mol. The van der Waals surface area contributed by atoms with Crippen LogP contribution in [-0.2, 0) is 15.8 Å². The van der Waals surface area contributed by atoms with Crippen molar-refractivity contribution in [2.45, 2.75) is 26.7 Å². The minimum atomic E-state index is -1.33. The summed E-state index contributed by atoms with van der Waals surface area (Å²) in [4.78, 5) is 21.0. The summed E-state index contributed by atoms with van der Waals surface area (Å²) in [6.45, 7) is 3.38. The predicted octanol–water partition coefficient (Wildman–Crippen LogP) is 0.427. The van der Waals surface area contributed by atoms with E-state index in [1.165, 1.54) is 0 Å². The van der Waals surface area contributed by atoms with Crippen molar-refractivity contribution < 1.29 is 15.8 Å². The van der Waals surface area contributed by atoms with Gasteiger partial charge in [0.15, 0.2) is 0 Å². The molecule has 0 aliphatic rings. The molecule has 0 amide bonds. The molecule has 0 radical (unpaired) electrons. The van der Waals surface area contributed by atoms with Crippen molar-refractivity contribution in [2.75, 3.05) is 0 Å². The molecule has 4 nitrogen and oxygen atoms in total. The van der Waals surface area contributed by atoms with E-state index in [2.05, 4.69) is 6.20 Å². The Labute approximate surface area is 76.4 Å². The number of rotatable bonds is 4. The zero-order valence-electron chi connectivity index (χ0n) is 6.46. The van der Waals surface area contributed by atoms with Gasteiger partial charge in [-0.15, -0.1) is 0 Å². The van der Waals surface area contributed by atoms with E-state index >= 15 is 0 Å². The van der Waals surface area contributed by atoms with E-state index in [9.17, 15) is 9.59 Å². The van der Waals surface area contributed by atoms with Crippen molar-refractivity contribution in [1.29, 1.82) is 0 Å². The van der Waals surface area contributed by atoms with E-state index in [0.717, 1.165) is 0 Å². The number of hydrogen-bond acceptors (Lipinski definition) is 4. The normalized spacial score (nSPS) is 8.91. The molecule has 5 heteroatoms. The Morgan fingerprint density at radius 1 is 1.09 bits per heavy atom. The molecular weight excluding hydrogens is 264 g/mol. The maximum atomic E-state index is 10.5. The van der Waals surface area contributed by atoms with Crippen molar-refractivity contribution in [3.8, 4) is 0 Å². The fraction of sp³-hybridized carbons (Fsp3) is 0.667. The molecule has 0 N–H and O–H groups in total. The van der Waals surface area contributed by atoms with Crippen molar-refractivity contribution >= 4 is 33.7 Å². The molecule has 0 aromatic carbocycles. The maximum absolute atomic E-state index is 10.5. The van der Waals surface area contributed by atoms with Gasteiger partial charge in [0.05, 0.1) is 0 Å². The summed E-state index contributed by atoms with van der Waals surface area (Å²) in [6.07, 6.45) is 0.656. The molecule has 64 valence electrons. The van der Waals surface area contributed by atoms with Gasteiger partial charge in [-0.1, -0.05) is 0 Å². The first-order chi connectivity index (χ1) is 5.20. The van der Waals surface area contributed by atoms with Crippen LogP contribution in [0, 0.1) is 0 Å². The van der Waals surface area contributed by atoms with Gasteiger partial charge in [-0.25, -0.2) is 0 Å². The van der Waals surface area contributed by atoms with E-state index in [0.29, 0.717) is 12.8 Å². The standard InChI is InChI=1S/C6H10O4Te/c1-3-5(7)9-11-10-6(8)4-2/h3-4H2,1-2H3. The molecule has 0 rings (SSSR count). The average molecular weight is 274 g/mol. The van der Waals surface area contributed by atoms with Gasteiger partial charge in [0, 0.05) is 0 Å². The van der Waals surface area contributed by atoms with Crippen LogP contribution in [0.2, 0.25) is 0 Å². The summed E-state index contributed by atoms with van der Waals surface area (Å²) in [5, 5.41) is 0. The van der Waals surface area contributed by atoms with E-state index in [4.69, 9.17) is 0 Å². The Balaban J connectivity index is 3.27. The summed E-state index contributed by atoms with van der Waals surface area (Å²) in [6, 6.07) is 0. The molecule has 0 aliphatic carbocycles. The molecule has 0 saturated carbocycles. The Hall–Kier alpha value is -0.270. The van der Waals surface area contributed by atoms with Gasteiger partial charge in [0.2, 0.25) is 0 Å². The van der Waals surface area contributed by atoms with Gasteiger partial charge in [0.1, 0.15) is 0 Å². The zero-order valence-corrected chi connectivity index (χ0v) is 8.79. The van der Waals surface area contributed by atoms with Gasteiger partial charge in [-0.2, -0.15) is 0 Å². The molecular formula is C6H10O4Te. The van der Waals surface area contributed by atoms with Crippen LogP contribution in [-0.4, -0.2) is 33.7 Å². The Kier molecular flexibility index (Phi) is 6.28. The molecule has 0 heterocycles. The third-order valence-electron chi connectivity index (χ3n) is 0.831. The van der Waals surface area contributed by atoms with Gasteiger partial charge in [-0.05, 0) is 0 Å². The molecule has 0 bridgehead atoms. The first-order valence-electron chi connectivity index (χ1n) is 3.27. The Bertz CT molecular complexity index is 130. The fourth-order valence-electron chi connectivity index (χ4n) is 0.211. The number of carbonyl (C=O) groups excluding carboxylic acids is 2. The molecule has 0 fully saturated rings. The minimum absolute atomic E-state index is 0.309. The van der Waals surface area contributed by atoms with Crippen LogP contribution in [0.4, 0.5) is 0 Å². The summed E-state index contributed by atoms with van der Waals surface area (Å²) >= 11 is -1.33. The topological polar surface area (TPSA) is 52.6 Å². The molecule has 0 aromatic heterocycles. The van der Waals surface area contributed by atoms with Gasteiger partial charge in [0.25, 0.3) is 0 Å². The zero-order chi connectivity index (χ0) is 8.69. The average Bonchev–Trinajstić information content (AvgIpc) is 2.04. The van der Waals surface area contributed by atoms with Crippen molar-refractivity contribution in [1.82, 2.24) is 0 Å².